The van der Waals surface area contributed by atoms with Gasteiger partial charge in [0.15, 0.2) is 0 Å². The van der Waals surface area contributed by atoms with Gasteiger partial charge in [-0.05, 0) is 6.07 Å². The van der Waals surface area contributed by atoms with Gasteiger partial charge in [0.2, 0.25) is 0 Å². The summed E-state index contributed by atoms with van der Waals surface area (Å²) in [5, 5.41) is 9.32. The fourth-order valence-corrected chi connectivity index (χ4v) is 1.40. The van der Waals surface area contributed by atoms with E-state index in [9.17, 15) is 4.79 Å². The standard InChI is InChI=1S/C9H7Cl2N5O/c10-6-1-5(2-12-8(6)11)9(17)13-3-7-14-4-15-16-7/h1-2,4H,3H2,(H,13,17)(H,14,15,16). The van der Waals surface area contributed by atoms with E-state index < -0.39 is 0 Å². The Balaban J connectivity index is 2.02. The largest absolute Gasteiger partial charge is 0.345 e. The minimum Gasteiger partial charge on any atom is -0.345 e. The number of rotatable bonds is 3. The summed E-state index contributed by atoms with van der Waals surface area (Å²) in [6.45, 7) is 0.249. The van der Waals surface area contributed by atoms with Crippen LogP contribution in [-0.4, -0.2) is 26.1 Å². The summed E-state index contributed by atoms with van der Waals surface area (Å²) in [5.74, 6) is 0.249. The first-order chi connectivity index (χ1) is 8.16. The molecule has 17 heavy (non-hydrogen) atoms. The first-order valence-corrected chi connectivity index (χ1v) is 5.36. The first kappa shape index (κ1) is 11.8. The molecular formula is C9H7Cl2N5O. The number of aromatic nitrogens is 4. The quantitative estimate of drug-likeness (QED) is 0.828. The van der Waals surface area contributed by atoms with Crippen molar-refractivity contribution in [2.45, 2.75) is 6.54 Å². The lowest BCUT2D eigenvalue weighted by atomic mass is 10.2. The van der Waals surface area contributed by atoms with E-state index in [1.54, 1.807) is 0 Å². The minimum absolute atomic E-state index is 0.165. The van der Waals surface area contributed by atoms with Gasteiger partial charge < -0.3 is 5.32 Å². The van der Waals surface area contributed by atoms with Crippen LogP contribution in [-0.2, 0) is 6.54 Å². The molecule has 0 fully saturated rings. The highest BCUT2D eigenvalue weighted by atomic mass is 35.5. The zero-order chi connectivity index (χ0) is 12.3. The molecule has 88 valence electrons. The van der Waals surface area contributed by atoms with Crippen LogP contribution >= 0.6 is 23.2 Å². The van der Waals surface area contributed by atoms with Crippen LogP contribution in [0.3, 0.4) is 0 Å². The summed E-state index contributed by atoms with van der Waals surface area (Å²) >= 11 is 11.4. The van der Waals surface area contributed by atoms with E-state index in [2.05, 4.69) is 25.5 Å². The molecule has 0 aliphatic carbocycles. The maximum absolute atomic E-state index is 11.7. The van der Waals surface area contributed by atoms with Crippen molar-refractivity contribution in [2.75, 3.05) is 0 Å². The van der Waals surface area contributed by atoms with Gasteiger partial charge in [-0.25, -0.2) is 9.97 Å². The molecule has 0 aliphatic heterocycles. The number of aromatic amines is 1. The monoisotopic (exact) mass is 271 g/mol. The van der Waals surface area contributed by atoms with Gasteiger partial charge in [0.05, 0.1) is 17.1 Å². The smallest absolute Gasteiger partial charge is 0.253 e. The third-order valence-corrected chi connectivity index (χ3v) is 2.63. The Morgan fingerprint density at radius 3 is 2.88 bits per heavy atom. The summed E-state index contributed by atoms with van der Waals surface area (Å²) in [4.78, 5) is 19.3. The molecule has 0 unspecified atom stereocenters. The molecule has 2 aromatic rings. The van der Waals surface area contributed by atoms with Crippen LogP contribution in [0.25, 0.3) is 0 Å². The van der Waals surface area contributed by atoms with Crippen LogP contribution in [0.15, 0.2) is 18.6 Å². The summed E-state index contributed by atoms with van der Waals surface area (Å²) in [7, 11) is 0. The van der Waals surface area contributed by atoms with E-state index in [1.165, 1.54) is 18.6 Å². The number of carbonyl (C=O) groups is 1. The number of hydrogen-bond acceptors (Lipinski definition) is 4. The molecule has 2 rings (SSSR count). The fraction of sp³-hybridized carbons (Fsp3) is 0.111. The van der Waals surface area contributed by atoms with Gasteiger partial charge in [-0.3, -0.25) is 9.89 Å². The van der Waals surface area contributed by atoms with Crippen LogP contribution in [0.1, 0.15) is 16.2 Å². The maximum Gasteiger partial charge on any atom is 0.253 e. The van der Waals surface area contributed by atoms with E-state index in [0.29, 0.717) is 11.4 Å². The van der Waals surface area contributed by atoms with E-state index in [0.717, 1.165) is 0 Å². The van der Waals surface area contributed by atoms with Crippen LogP contribution in [0.2, 0.25) is 10.2 Å². The van der Waals surface area contributed by atoms with Crippen LogP contribution in [0, 0.1) is 0 Å². The third kappa shape index (κ3) is 2.92. The fourth-order valence-electron chi connectivity index (χ4n) is 1.13. The second kappa shape index (κ2) is 5.11. The predicted molar refractivity (Wildman–Crippen MR) is 61.8 cm³/mol. The SMILES string of the molecule is O=C(NCc1ncn[nH]1)c1cnc(Cl)c(Cl)c1. The highest BCUT2D eigenvalue weighted by Gasteiger charge is 2.09. The molecule has 0 atom stereocenters. The lowest BCUT2D eigenvalue weighted by Gasteiger charge is -2.03. The van der Waals surface area contributed by atoms with E-state index in [-0.39, 0.29) is 22.6 Å². The second-order valence-corrected chi connectivity index (χ2v) is 3.88. The van der Waals surface area contributed by atoms with E-state index in [4.69, 9.17) is 23.2 Å². The molecule has 6 nitrogen and oxygen atoms in total. The summed E-state index contributed by atoms with van der Waals surface area (Å²) in [6.07, 6.45) is 2.71. The molecule has 2 N–H and O–H groups in total. The Labute approximate surface area is 106 Å². The van der Waals surface area contributed by atoms with Crippen molar-refractivity contribution < 1.29 is 4.79 Å². The summed E-state index contributed by atoms with van der Waals surface area (Å²) in [5.41, 5.74) is 0.332. The molecule has 0 aromatic carbocycles. The van der Waals surface area contributed by atoms with Crippen molar-refractivity contribution in [1.82, 2.24) is 25.5 Å². The minimum atomic E-state index is -0.313. The number of amides is 1. The lowest BCUT2D eigenvalue weighted by molar-refractivity contribution is 0.0949. The number of nitrogens with one attached hydrogen (secondary N) is 2. The highest BCUT2D eigenvalue weighted by molar-refractivity contribution is 6.41. The molecule has 0 spiro atoms. The average molecular weight is 272 g/mol. The Morgan fingerprint density at radius 1 is 1.41 bits per heavy atom. The van der Waals surface area contributed by atoms with Crippen molar-refractivity contribution in [3.8, 4) is 0 Å². The average Bonchev–Trinajstić information content (AvgIpc) is 2.82. The van der Waals surface area contributed by atoms with Crippen molar-refractivity contribution in [3.63, 3.8) is 0 Å². The van der Waals surface area contributed by atoms with Crippen molar-refractivity contribution >= 4 is 29.1 Å². The van der Waals surface area contributed by atoms with Crippen LogP contribution < -0.4 is 5.32 Å². The number of hydrogen-bond donors (Lipinski definition) is 2. The molecule has 2 aromatic heterocycles. The van der Waals surface area contributed by atoms with E-state index >= 15 is 0 Å². The van der Waals surface area contributed by atoms with Gasteiger partial charge in [0, 0.05) is 6.20 Å². The zero-order valence-corrected chi connectivity index (χ0v) is 9.96. The van der Waals surface area contributed by atoms with Gasteiger partial charge in [0.1, 0.15) is 17.3 Å². The topological polar surface area (TPSA) is 83.6 Å². The molecule has 0 radical (unpaired) electrons. The Morgan fingerprint density at radius 2 is 2.24 bits per heavy atom. The van der Waals surface area contributed by atoms with Gasteiger partial charge in [-0.1, -0.05) is 23.2 Å². The first-order valence-electron chi connectivity index (χ1n) is 4.60. The molecule has 0 aliphatic rings. The predicted octanol–water partition coefficient (Wildman–Crippen LogP) is 1.44. The van der Waals surface area contributed by atoms with Crippen molar-refractivity contribution in [3.05, 3.63) is 40.2 Å². The number of halogens is 2. The van der Waals surface area contributed by atoms with Gasteiger partial charge >= 0.3 is 0 Å². The molecular weight excluding hydrogens is 265 g/mol. The molecule has 1 amide bonds. The molecule has 0 saturated carbocycles. The highest BCUT2D eigenvalue weighted by Crippen LogP contribution is 2.19. The van der Waals surface area contributed by atoms with Gasteiger partial charge in [0.25, 0.3) is 5.91 Å². The van der Waals surface area contributed by atoms with Crippen LogP contribution in [0.4, 0.5) is 0 Å². The third-order valence-electron chi connectivity index (χ3n) is 1.94. The normalized spacial score (nSPS) is 10.2. The van der Waals surface area contributed by atoms with Crippen LogP contribution in [0.5, 0.6) is 0 Å². The Kier molecular flexibility index (Phi) is 3.55. The zero-order valence-electron chi connectivity index (χ0n) is 8.44. The van der Waals surface area contributed by atoms with Crippen molar-refractivity contribution in [2.24, 2.45) is 0 Å². The number of H-pyrrole nitrogens is 1. The summed E-state index contributed by atoms with van der Waals surface area (Å²) < 4.78 is 0. The number of nitrogens with zero attached hydrogens (tertiary/aromatic N) is 3. The number of carbonyl (C=O) groups excluding carboxylic acids is 1. The van der Waals surface area contributed by atoms with E-state index in [1.807, 2.05) is 0 Å². The second-order valence-electron chi connectivity index (χ2n) is 3.11. The molecule has 0 bridgehead atoms. The van der Waals surface area contributed by atoms with Gasteiger partial charge in [-0.2, -0.15) is 5.10 Å². The molecule has 2 heterocycles. The Hall–Kier alpha value is -1.66. The Bertz CT molecular complexity index is 528. The maximum atomic E-state index is 11.7. The molecule has 8 heteroatoms. The lowest BCUT2D eigenvalue weighted by Crippen LogP contribution is -2.23. The number of pyridine rings is 1. The summed E-state index contributed by atoms with van der Waals surface area (Å²) in [6, 6.07) is 1.45. The molecule has 0 saturated heterocycles. The van der Waals surface area contributed by atoms with Gasteiger partial charge in [-0.15, -0.1) is 0 Å². The van der Waals surface area contributed by atoms with Crippen molar-refractivity contribution in [1.29, 1.82) is 0 Å².